The highest BCUT2D eigenvalue weighted by Crippen LogP contribution is 2.30. The number of benzene rings is 1. The van der Waals surface area contributed by atoms with E-state index in [9.17, 15) is 9.50 Å². The Labute approximate surface area is 106 Å². The first-order valence-corrected chi connectivity index (χ1v) is 5.97. The number of hydrogen-bond acceptors (Lipinski definition) is 2. The quantitative estimate of drug-likeness (QED) is 0.901. The molecule has 0 saturated carbocycles. The van der Waals surface area contributed by atoms with Gasteiger partial charge in [-0.15, -0.1) is 0 Å². The van der Waals surface area contributed by atoms with Gasteiger partial charge in [0.15, 0.2) is 0 Å². The molecule has 2 rings (SSSR count). The second kappa shape index (κ2) is 4.86. The summed E-state index contributed by atoms with van der Waals surface area (Å²) < 4.78 is 13.7. The highest BCUT2D eigenvalue weighted by Gasteiger charge is 2.28. The van der Waals surface area contributed by atoms with Crippen LogP contribution in [0.2, 0.25) is 0 Å². The molecule has 0 aliphatic rings. The van der Waals surface area contributed by atoms with Crippen molar-refractivity contribution in [2.45, 2.75) is 25.9 Å². The number of hydrogen-bond donors (Lipinski definition) is 1. The standard InChI is InChI=1S/C15H16FNO/c1-3-11-4-6-12(7-5-11)15(2,18)13-8-9-17-10-14(13)16/h4-10,18H,3H2,1-2H3. The van der Waals surface area contributed by atoms with Gasteiger partial charge in [-0.3, -0.25) is 4.98 Å². The van der Waals surface area contributed by atoms with Crippen LogP contribution in [0.4, 0.5) is 4.39 Å². The van der Waals surface area contributed by atoms with Gasteiger partial charge in [-0.05, 0) is 30.5 Å². The van der Waals surface area contributed by atoms with Crippen molar-refractivity contribution in [2.75, 3.05) is 0 Å². The Hall–Kier alpha value is -1.74. The van der Waals surface area contributed by atoms with E-state index in [1.54, 1.807) is 6.92 Å². The van der Waals surface area contributed by atoms with Crippen molar-refractivity contribution in [1.82, 2.24) is 4.98 Å². The molecule has 2 nitrogen and oxygen atoms in total. The van der Waals surface area contributed by atoms with Gasteiger partial charge in [-0.2, -0.15) is 0 Å². The normalized spacial score (nSPS) is 14.2. The van der Waals surface area contributed by atoms with E-state index in [0.717, 1.165) is 12.6 Å². The molecular weight excluding hydrogens is 229 g/mol. The van der Waals surface area contributed by atoms with Crippen molar-refractivity contribution in [3.05, 3.63) is 65.2 Å². The predicted octanol–water partition coefficient (Wildman–Crippen LogP) is 3.04. The summed E-state index contributed by atoms with van der Waals surface area (Å²) in [6.45, 7) is 3.65. The molecule has 0 bridgehead atoms. The van der Waals surface area contributed by atoms with Crippen LogP contribution in [-0.4, -0.2) is 10.1 Å². The van der Waals surface area contributed by atoms with E-state index >= 15 is 0 Å². The molecule has 1 atom stereocenters. The first-order chi connectivity index (χ1) is 8.55. The third kappa shape index (κ3) is 2.27. The van der Waals surface area contributed by atoms with Gasteiger partial charge in [0.1, 0.15) is 11.4 Å². The molecule has 1 aromatic carbocycles. The van der Waals surface area contributed by atoms with Crippen molar-refractivity contribution in [3.8, 4) is 0 Å². The van der Waals surface area contributed by atoms with Crippen molar-refractivity contribution < 1.29 is 9.50 Å². The lowest BCUT2D eigenvalue weighted by molar-refractivity contribution is 0.0977. The maximum atomic E-state index is 13.7. The van der Waals surface area contributed by atoms with Crippen LogP contribution in [-0.2, 0) is 12.0 Å². The lowest BCUT2D eigenvalue weighted by Gasteiger charge is -2.25. The third-order valence-corrected chi connectivity index (χ3v) is 3.22. The molecule has 0 fully saturated rings. The number of aromatic nitrogens is 1. The monoisotopic (exact) mass is 245 g/mol. The molecule has 1 aromatic heterocycles. The number of aryl methyl sites for hydroxylation is 1. The SMILES string of the molecule is CCc1ccc(C(C)(O)c2ccncc2F)cc1. The number of aliphatic hydroxyl groups is 1. The summed E-state index contributed by atoms with van der Waals surface area (Å²) >= 11 is 0. The van der Waals surface area contributed by atoms with E-state index in [1.165, 1.54) is 17.8 Å². The molecule has 94 valence electrons. The molecule has 0 radical (unpaired) electrons. The Morgan fingerprint density at radius 1 is 1.22 bits per heavy atom. The van der Waals surface area contributed by atoms with Gasteiger partial charge in [0.25, 0.3) is 0 Å². The van der Waals surface area contributed by atoms with Crippen LogP contribution in [0.1, 0.15) is 30.5 Å². The number of halogens is 1. The average molecular weight is 245 g/mol. The van der Waals surface area contributed by atoms with E-state index in [1.807, 2.05) is 24.3 Å². The second-order valence-corrected chi connectivity index (χ2v) is 4.48. The van der Waals surface area contributed by atoms with Crippen LogP contribution < -0.4 is 0 Å². The Morgan fingerprint density at radius 2 is 1.89 bits per heavy atom. The number of rotatable bonds is 3. The summed E-state index contributed by atoms with van der Waals surface area (Å²) in [6, 6.07) is 9.06. The first kappa shape index (κ1) is 12.7. The maximum Gasteiger partial charge on any atom is 0.147 e. The highest BCUT2D eigenvalue weighted by molar-refractivity contribution is 5.36. The molecule has 2 aromatic rings. The Morgan fingerprint density at radius 3 is 2.44 bits per heavy atom. The molecule has 1 N–H and O–H groups in total. The number of pyridine rings is 1. The number of nitrogens with zero attached hydrogens (tertiary/aromatic N) is 1. The molecule has 0 spiro atoms. The lowest BCUT2D eigenvalue weighted by atomic mass is 9.88. The molecule has 18 heavy (non-hydrogen) atoms. The highest BCUT2D eigenvalue weighted by atomic mass is 19.1. The fourth-order valence-electron chi connectivity index (χ4n) is 1.99. The van der Waals surface area contributed by atoms with Gasteiger partial charge in [-0.1, -0.05) is 31.2 Å². The minimum atomic E-state index is -1.35. The van der Waals surface area contributed by atoms with Gasteiger partial charge >= 0.3 is 0 Å². The predicted molar refractivity (Wildman–Crippen MR) is 68.7 cm³/mol. The smallest absolute Gasteiger partial charge is 0.147 e. The summed E-state index contributed by atoms with van der Waals surface area (Å²) in [5.41, 5.74) is 0.746. The first-order valence-electron chi connectivity index (χ1n) is 5.97. The van der Waals surface area contributed by atoms with Crippen LogP contribution >= 0.6 is 0 Å². The lowest BCUT2D eigenvalue weighted by Crippen LogP contribution is -2.24. The van der Waals surface area contributed by atoms with E-state index in [4.69, 9.17) is 0 Å². The van der Waals surface area contributed by atoms with E-state index in [0.29, 0.717) is 5.56 Å². The maximum absolute atomic E-state index is 13.7. The second-order valence-electron chi connectivity index (χ2n) is 4.48. The fourth-order valence-corrected chi connectivity index (χ4v) is 1.99. The third-order valence-electron chi connectivity index (χ3n) is 3.22. The Kier molecular flexibility index (Phi) is 3.43. The zero-order chi connectivity index (χ0) is 13.2. The molecular formula is C15H16FNO. The topological polar surface area (TPSA) is 33.1 Å². The molecule has 0 aliphatic heterocycles. The molecule has 3 heteroatoms. The summed E-state index contributed by atoms with van der Waals surface area (Å²) in [4.78, 5) is 3.69. The molecule has 1 unspecified atom stereocenters. The van der Waals surface area contributed by atoms with Crippen LogP contribution in [0.3, 0.4) is 0 Å². The largest absolute Gasteiger partial charge is 0.381 e. The minimum absolute atomic E-state index is 0.238. The summed E-state index contributed by atoms with van der Waals surface area (Å²) in [5.74, 6) is -0.498. The van der Waals surface area contributed by atoms with Gasteiger partial charge < -0.3 is 5.11 Å². The van der Waals surface area contributed by atoms with Gasteiger partial charge in [-0.25, -0.2) is 4.39 Å². The Bertz CT molecular complexity index is 534. The fraction of sp³-hybridized carbons (Fsp3) is 0.267. The van der Waals surface area contributed by atoms with Crippen LogP contribution in [0, 0.1) is 5.82 Å². The van der Waals surface area contributed by atoms with Gasteiger partial charge in [0.05, 0.1) is 6.20 Å². The van der Waals surface area contributed by atoms with Crippen molar-refractivity contribution in [2.24, 2.45) is 0 Å². The van der Waals surface area contributed by atoms with Crippen molar-refractivity contribution in [3.63, 3.8) is 0 Å². The van der Waals surface area contributed by atoms with Crippen molar-refractivity contribution in [1.29, 1.82) is 0 Å². The van der Waals surface area contributed by atoms with Crippen molar-refractivity contribution >= 4 is 0 Å². The molecule has 0 amide bonds. The zero-order valence-corrected chi connectivity index (χ0v) is 10.5. The minimum Gasteiger partial charge on any atom is -0.381 e. The Balaban J connectivity index is 2.44. The molecule has 0 aliphatic carbocycles. The molecule has 1 heterocycles. The van der Waals surface area contributed by atoms with Crippen LogP contribution in [0.5, 0.6) is 0 Å². The zero-order valence-electron chi connectivity index (χ0n) is 10.5. The van der Waals surface area contributed by atoms with Crippen LogP contribution in [0.15, 0.2) is 42.7 Å². The molecule has 0 saturated heterocycles. The van der Waals surface area contributed by atoms with Crippen LogP contribution in [0.25, 0.3) is 0 Å². The average Bonchev–Trinajstić information content (AvgIpc) is 2.39. The van der Waals surface area contributed by atoms with E-state index in [2.05, 4.69) is 11.9 Å². The van der Waals surface area contributed by atoms with E-state index < -0.39 is 11.4 Å². The summed E-state index contributed by atoms with van der Waals surface area (Å²) in [5, 5.41) is 10.5. The van der Waals surface area contributed by atoms with Gasteiger partial charge in [0.2, 0.25) is 0 Å². The van der Waals surface area contributed by atoms with Gasteiger partial charge in [0, 0.05) is 11.8 Å². The van der Waals surface area contributed by atoms with E-state index in [-0.39, 0.29) is 5.56 Å². The summed E-state index contributed by atoms with van der Waals surface area (Å²) in [7, 11) is 0. The summed E-state index contributed by atoms with van der Waals surface area (Å²) in [6.07, 6.45) is 3.53.